The number of likely N-dealkylation sites (tertiary alicyclic amines) is 1. The van der Waals surface area contributed by atoms with Gasteiger partial charge in [0.15, 0.2) is 0 Å². The number of hydrogen-bond acceptors (Lipinski definition) is 4. The molecule has 0 bridgehead atoms. The zero-order chi connectivity index (χ0) is 18.0. The number of amides is 1. The maximum absolute atomic E-state index is 12.7. The topological polar surface area (TPSA) is 59.2 Å². The zero-order valence-corrected chi connectivity index (χ0v) is 15.7. The molecular weight excluding hydrogens is 338 g/mol. The molecule has 0 saturated carbocycles. The number of hydrogen-bond donors (Lipinski definition) is 0. The van der Waals surface area contributed by atoms with Crippen LogP contribution in [0.3, 0.4) is 0 Å². The quantitative estimate of drug-likeness (QED) is 0.772. The molecule has 0 radical (unpaired) electrons. The fourth-order valence-electron chi connectivity index (χ4n) is 3.07. The first kappa shape index (κ1) is 17.9. The molecule has 1 fully saturated rings. The Balaban J connectivity index is 1.74. The highest BCUT2D eigenvalue weighted by Crippen LogP contribution is 2.30. The second-order valence-electron chi connectivity index (χ2n) is 7.43. The molecule has 1 saturated heterocycles. The second-order valence-corrected chi connectivity index (χ2v) is 7.70. The van der Waals surface area contributed by atoms with Gasteiger partial charge in [0.05, 0.1) is 11.3 Å². The highest BCUT2D eigenvalue weighted by Gasteiger charge is 2.35. The molecular formula is C19H24ClN3O2. The van der Waals surface area contributed by atoms with Crippen molar-refractivity contribution in [3.8, 4) is 11.4 Å². The number of alkyl halides is 1. The van der Waals surface area contributed by atoms with Gasteiger partial charge in [-0.1, -0.05) is 35.0 Å². The maximum Gasteiger partial charge on any atom is 0.231 e. The Labute approximate surface area is 153 Å². The molecule has 1 aromatic heterocycles. The molecule has 1 aliphatic heterocycles. The van der Waals surface area contributed by atoms with Crippen LogP contribution in [0.1, 0.15) is 44.1 Å². The van der Waals surface area contributed by atoms with Gasteiger partial charge in [0.1, 0.15) is 0 Å². The Morgan fingerprint density at radius 1 is 1.36 bits per heavy atom. The maximum atomic E-state index is 12.7. The van der Waals surface area contributed by atoms with E-state index in [-0.39, 0.29) is 11.8 Å². The van der Waals surface area contributed by atoms with E-state index in [0.29, 0.717) is 24.1 Å². The molecule has 0 N–H and O–H groups in total. The monoisotopic (exact) mass is 361 g/mol. The van der Waals surface area contributed by atoms with E-state index in [9.17, 15) is 4.79 Å². The predicted octanol–water partition coefficient (Wildman–Crippen LogP) is 4.02. The number of halogens is 1. The van der Waals surface area contributed by atoms with E-state index < -0.39 is 5.41 Å². The Morgan fingerprint density at radius 2 is 2.08 bits per heavy atom. The summed E-state index contributed by atoms with van der Waals surface area (Å²) in [6.45, 7) is 7.17. The molecule has 25 heavy (non-hydrogen) atoms. The molecule has 0 unspecified atom stereocenters. The van der Waals surface area contributed by atoms with Crippen LogP contribution in [0.15, 0.2) is 28.8 Å². The summed E-state index contributed by atoms with van der Waals surface area (Å²) in [7, 11) is 0. The summed E-state index contributed by atoms with van der Waals surface area (Å²) in [6.07, 6.45) is 1.87. The van der Waals surface area contributed by atoms with Crippen LogP contribution in [-0.2, 0) is 4.79 Å². The molecule has 5 nitrogen and oxygen atoms in total. The Morgan fingerprint density at radius 3 is 2.76 bits per heavy atom. The Kier molecular flexibility index (Phi) is 5.13. The highest BCUT2D eigenvalue weighted by atomic mass is 35.5. The van der Waals surface area contributed by atoms with E-state index in [0.717, 1.165) is 24.9 Å². The van der Waals surface area contributed by atoms with Crippen LogP contribution in [0.5, 0.6) is 0 Å². The van der Waals surface area contributed by atoms with Crippen molar-refractivity contribution in [1.29, 1.82) is 0 Å². The third-order valence-electron chi connectivity index (χ3n) is 4.72. The van der Waals surface area contributed by atoms with Crippen LogP contribution in [0.4, 0.5) is 0 Å². The lowest BCUT2D eigenvalue weighted by molar-refractivity contribution is -0.140. The van der Waals surface area contributed by atoms with Crippen LogP contribution in [-0.4, -0.2) is 39.9 Å². The third kappa shape index (κ3) is 3.87. The molecule has 1 atom stereocenters. The fraction of sp³-hybridized carbons (Fsp3) is 0.526. The van der Waals surface area contributed by atoms with Gasteiger partial charge >= 0.3 is 0 Å². The molecule has 2 heterocycles. The van der Waals surface area contributed by atoms with Gasteiger partial charge in [-0.2, -0.15) is 4.98 Å². The molecule has 1 aliphatic rings. The number of aromatic nitrogens is 2. The van der Waals surface area contributed by atoms with Crippen molar-refractivity contribution in [3.05, 3.63) is 35.7 Å². The van der Waals surface area contributed by atoms with E-state index in [1.807, 2.05) is 49.9 Å². The number of aryl methyl sites for hydroxylation is 1. The minimum absolute atomic E-state index is 0.0792. The number of carbonyl (C=O) groups is 1. The summed E-state index contributed by atoms with van der Waals surface area (Å²) >= 11 is 5.95. The number of carbonyl (C=O) groups excluding carboxylic acids is 1. The number of nitrogens with zero attached hydrogens (tertiary/aromatic N) is 3. The Bertz CT molecular complexity index is 739. The summed E-state index contributed by atoms with van der Waals surface area (Å²) in [5, 5.41) is 4.12. The van der Waals surface area contributed by atoms with E-state index in [4.69, 9.17) is 16.1 Å². The van der Waals surface area contributed by atoms with Crippen molar-refractivity contribution in [3.63, 3.8) is 0 Å². The predicted molar refractivity (Wildman–Crippen MR) is 97.5 cm³/mol. The van der Waals surface area contributed by atoms with E-state index >= 15 is 0 Å². The molecule has 0 aliphatic carbocycles. The van der Waals surface area contributed by atoms with Crippen molar-refractivity contribution >= 4 is 17.5 Å². The zero-order valence-electron chi connectivity index (χ0n) is 15.0. The molecule has 134 valence electrons. The van der Waals surface area contributed by atoms with Crippen LogP contribution in [0.25, 0.3) is 11.4 Å². The first-order valence-corrected chi connectivity index (χ1v) is 9.20. The lowest BCUT2D eigenvalue weighted by Crippen LogP contribution is -2.46. The van der Waals surface area contributed by atoms with Gasteiger partial charge in [-0.05, 0) is 33.6 Å². The molecule has 0 spiro atoms. The van der Waals surface area contributed by atoms with Gasteiger partial charge in [-0.15, -0.1) is 11.6 Å². The molecule has 3 rings (SSSR count). The summed E-state index contributed by atoms with van der Waals surface area (Å²) < 4.78 is 5.50. The van der Waals surface area contributed by atoms with Crippen LogP contribution in [0.2, 0.25) is 0 Å². The van der Waals surface area contributed by atoms with E-state index in [1.54, 1.807) is 0 Å². The SMILES string of the molecule is Cc1ccc(-c2noc([C@@H]3CCCN(C(=O)C(C)(C)CCl)C3)n2)cc1. The van der Waals surface area contributed by atoms with Gasteiger partial charge in [0.2, 0.25) is 17.6 Å². The van der Waals surface area contributed by atoms with Gasteiger partial charge in [-0.3, -0.25) is 4.79 Å². The molecule has 6 heteroatoms. The normalized spacial score (nSPS) is 18.4. The lowest BCUT2D eigenvalue weighted by atomic mass is 9.91. The van der Waals surface area contributed by atoms with Gasteiger partial charge in [0.25, 0.3) is 0 Å². The second kappa shape index (κ2) is 7.16. The van der Waals surface area contributed by atoms with Crippen molar-refractivity contribution in [2.45, 2.75) is 39.5 Å². The largest absolute Gasteiger partial charge is 0.341 e. The standard InChI is InChI=1S/C19H24ClN3O2/c1-13-6-8-14(9-7-13)16-21-17(25-22-16)15-5-4-10-23(11-15)18(24)19(2,3)12-20/h6-9,15H,4-5,10-12H2,1-3H3/t15-/m1/s1. The molecule has 1 aromatic carbocycles. The molecule has 1 amide bonds. The Hall–Kier alpha value is -1.88. The number of rotatable bonds is 4. The van der Waals surface area contributed by atoms with Gasteiger partial charge in [-0.25, -0.2) is 0 Å². The van der Waals surface area contributed by atoms with Crippen LogP contribution < -0.4 is 0 Å². The number of piperidine rings is 1. The van der Waals surface area contributed by atoms with E-state index in [2.05, 4.69) is 10.1 Å². The van der Waals surface area contributed by atoms with Crippen molar-refractivity contribution in [2.24, 2.45) is 5.41 Å². The average molecular weight is 362 g/mol. The smallest absolute Gasteiger partial charge is 0.231 e. The summed E-state index contributed by atoms with van der Waals surface area (Å²) in [4.78, 5) is 19.1. The van der Waals surface area contributed by atoms with Crippen LogP contribution >= 0.6 is 11.6 Å². The minimum Gasteiger partial charge on any atom is -0.341 e. The summed E-state index contributed by atoms with van der Waals surface area (Å²) in [6, 6.07) is 8.04. The summed E-state index contributed by atoms with van der Waals surface area (Å²) in [5.41, 5.74) is 1.58. The van der Waals surface area contributed by atoms with Crippen LogP contribution in [0, 0.1) is 12.3 Å². The first-order valence-electron chi connectivity index (χ1n) is 8.67. The minimum atomic E-state index is -0.550. The van der Waals surface area contributed by atoms with Crippen molar-refractivity contribution in [1.82, 2.24) is 15.0 Å². The summed E-state index contributed by atoms with van der Waals surface area (Å²) in [5.74, 6) is 1.68. The average Bonchev–Trinajstić information content (AvgIpc) is 3.12. The highest BCUT2D eigenvalue weighted by molar-refractivity contribution is 6.19. The van der Waals surface area contributed by atoms with Gasteiger partial charge in [0, 0.05) is 24.5 Å². The fourth-order valence-corrected chi connectivity index (χ4v) is 3.18. The van der Waals surface area contributed by atoms with Gasteiger partial charge < -0.3 is 9.42 Å². The van der Waals surface area contributed by atoms with Crippen molar-refractivity contribution < 1.29 is 9.32 Å². The number of benzene rings is 1. The first-order chi connectivity index (χ1) is 11.9. The molecule has 2 aromatic rings. The lowest BCUT2D eigenvalue weighted by Gasteiger charge is -2.35. The van der Waals surface area contributed by atoms with E-state index in [1.165, 1.54) is 5.56 Å². The van der Waals surface area contributed by atoms with Crippen molar-refractivity contribution in [2.75, 3.05) is 19.0 Å². The third-order valence-corrected chi connectivity index (χ3v) is 5.39.